The first-order chi connectivity index (χ1) is 6.95. The lowest BCUT2D eigenvalue weighted by Crippen LogP contribution is -2.03. The summed E-state index contributed by atoms with van der Waals surface area (Å²) in [5.74, 6) is 0. The average molecular weight is 204 g/mol. The molecular weight excluding hydrogens is 192 g/mol. The number of rotatable bonds is 4. The minimum absolute atomic E-state index is 0.973. The number of pyridine rings is 1. The molecule has 2 aromatic rings. The molecule has 3 heteroatoms. The lowest BCUT2D eigenvalue weighted by molar-refractivity contribution is 1.03. The second-order valence-corrected chi connectivity index (χ2v) is 3.82. The highest BCUT2D eigenvalue weighted by molar-refractivity contribution is 7.07. The monoisotopic (exact) mass is 204 g/mol. The van der Waals surface area contributed by atoms with Crippen molar-refractivity contribution in [2.75, 3.05) is 11.9 Å². The Balaban J connectivity index is 1.79. The van der Waals surface area contributed by atoms with E-state index in [-0.39, 0.29) is 0 Å². The maximum atomic E-state index is 3.97. The Labute approximate surface area is 87.6 Å². The molecule has 0 saturated heterocycles. The summed E-state index contributed by atoms with van der Waals surface area (Å²) in [6.07, 6.45) is 4.67. The van der Waals surface area contributed by atoms with Gasteiger partial charge in [0.15, 0.2) is 0 Å². The number of hydrogen-bond acceptors (Lipinski definition) is 3. The van der Waals surface area contributed by atoms with E-state index in [4.69, 9.17) is 0 Å². The molecule has 2 nitrogen and oxygen atoms in total. The molecule has 0 saturated carbocycles. The van der Waals surface area contributed by atoms with Crippen LogP contribution in [0.5, 0.6) is 0 Å². The van der Waals surface area contributed by atoms with Gasteiger partial charge >= 0.3 is 0 Å². The van der Waals surface area contributed by atoms with Crippen LogP contribution in [0.2, 0.25) is 0 Å². The maximum absolute atomic E-state index is 3.97. The number of nitrogens with zero attached hydrogens (tertiary/aromatic N) is 1. The number of aromatic nitrogens is 1. The van der Waals surface area contributed by atoms with Gasteiger partial charge in [-0.2, -0.15) is 11.3 Å². The number of nitrogens with one attached hydrogen (secondary N) is 1. The third kappa shape index (κ3) is 2.57. The maximum Gasteiger partial charge on any atom is 0.0371 e. The van der Waals surface area contributed by atoms with E-state index in [0.717, 1.165) is 18.7 Å². The predicted molar refractivity (Wildman–Crippen MR) is 60.7 cm³/mol. The molecule has 1 N–H and O–H groups in total. The van der Waals surface area contributed by atoms with E-state index in [1.54, 1.807) is 23.7 Å². The van der Waals surface area contributed by atoms with Crippen LogP contribution in [0, 0.1) is 0 Å². The predicted octanol–water partition coefficient (Wildman–Crippen LogP) is 2.80. The Morgan fingerprint density at radius 1 is 1.21 bits per heavy atom. The molecule has 0 unspecified atom stereocenters. The molecule has 14 heavy (non-hydrogen) atoms. The summed E-state index contributed by atoms with van der Waals surface area (Å²) in [4.78, 5) is 3.97. The van der Waals surface area contributed by atoms with Crippen LogP contribution < -0.4 is 5.32 Å². The first kappa shape index (κ1) is 9.21. The van der Waals surface area contributed by atoms with Gasteiger partial charge in [0.05, 0.1) is 0 Å². The largest absolute Gasteiger partial charge is 0.385 e. The fraction of sp³-hybridized carbons (Fsp3) is 0.182. The Kier molecular flexibility index (Phi) is 3.14. The average Bonchev–Trinajstić information content (AvgIpc) is 2.72. The van der Waals surface area contributed by atoms with Gasteiger partial charge < -0.3 is 5.32 Å². The van der Waals surface area contributed by atoms with Crippen molar-refractivity contribution >= 4 is 17.0 Å². The zero-order valence-corrected chi connectivity index (χ0v) is 8.63. The summed E-state index contributed by atoms with van der Waals surface area (Å²) in [6, 6.07) is 6.13. The molecule has 0 radical (unpaired) electrons. The van der Waals surface area contributed by atoms with Crippen LogP contribution in [0.15, 0.2) is 41.4 Å². The highest BCUT2D eigenvalue weighted by atomic mass is 32.1. The van der Waals surface area contributed by atoms with E-state index in [0.29, 0.717) is 0 Å². The highest BCUT2D eigenvalue weighted by Gasteiger charge is 1.93. The van der Waals surface area contributed by atoms with Crippen molar-refractivity contribution < 1.29 is 0 Å². The van der Waals surface area contributed by atoms with Crippen molar-refractivity contribution in [2.24, 2.45) is 0 Å². The van der Waals surface area contributed by atoms with E-state index in [1.165, 1.54) is 5.56 Å². The highest BCUT2D eigenvalue weighted by Crippen LogP contribution is 2.08. The molecule has 0 aliphatic heterocycles. The molecular formula is C11H12N2S. The minimum atomic E-state index is 0.973. The molecule has 2 aromatic heterocycles. The van der Waals surface area contributed by atoms with Gasteiger partial charge in [-0.05, 0) is 40.9 Å². The summed E-state index contributed by atoms with van der Waals surface area (Å²) < 4.78 is 0. The van der Waals surface area contributed by atoms with Gasteiger partial charge in [0.25, 0.3) is 0 Å². The van der Waals surface area contributed by atoms with Gasteiger partial charge in [0.2, 0.25) is 0 Å². The lowest BCUT2D eigenvalue weighted by Gasteiger charge is -2.03. The topological polar surface area (TPSA) is 24.9 Å². The van der Waals surface area contributed by atoms with Gasteiger partial charge in [0.1, 0.15) is 0 Å². The smallest absolute Gasteiger partial charge is 0.0371 e. The summed E-state index contributed by atoms with van der Waals surface area (Å²) in [6.45, 7) is 0.973. The molecule has 0 aliphatic carbocycles. The van der Waals surface area contributed by atoms with Crippen LogP contribution in [0.1, 0.15) is 5.56 Å². The van der Waals surface area contributed by atoms with Crippen molar-refractivity contribution in [1.29, 1.82) is 0 Å². The van der Waals surface area contributed by atoms with Crippen LogP contribution in [0.25, 0.3) is 0 Å². The molecule has 0 atom stereocenters. The second-order valence-electron chi connectivity index (χ2n) is 3.04. The van der Waals surface area contributed by atoms with Gasteiger partial charge in [-0.3, -0.25) is 4.98 Å². The van der Waals surface area contributed by atoms with E-state index in [2.05, 4.69) is 27.1 Å². The number of thiophene rings is 1. The minimum Gasteiger partial charge on any atom is -0.385 e. The van der Waals surface area contributed by atoms with Crippen molar-refractivity contribution in [3.05, 3.63) is 46.9 Å². The van der Waals surface area contributed by atoms with Crippen LogP contribution in [-0.2, 0) is 6.42 Å². The van der Waals surface area contributed by atoms with E-state index >= 15 is 0 Å². The van der Waals surface area contributed by atoms with Gasteiger partial charge in [-0.25, -0.2) is 0 Å². The van der Waals surface area contributed by atoms with Crippen molar-refractivity contribution in [3.63, 3.8) is 0 Å². The van der Waals surface area contributed by atoms with E-state index in [1.807, 2.05) is 12.1 Å². The molecule has 0 amide bonds. The van der Waals surface area contributed by atoms with Gasteiger partial charge in [-0.15, -0.1) is 0 Å². The normalized spacial score (nSPS) is 10.0. The first-order valence-electron chi connectivity index (χ1n) is 4.60. The SMILES string of the molecule is c1cc(NCCc2ccsc2)ccn1. The zero-order chi connectivity index (χ0) is 9.64. The van der Waals surface area contributed by atoms with Crippen molar-refractivity contribution in [3.8, 4) is 0 Å². The van der Waals surface area contributed by atoms with Crippen LogP contribution in [-0.4, -0.2) is 11.5 Å². The molecule has 0 spiro atoms. The summed E-state index contributed by atoms with van der Waals surface area (Å²) >= 11 is 1.75. The molecule has 0 aromatic carbocycles. The summed E-state index contributed by atoms with van der Waals surface area (Å²) in [5.41, 5.74) is 2.53. The Morgan fingerprint density at radius 3 is 2.79 bits per heavy atom. The molecule has 0 aliphatic rings. The third-order valence-corrected chi connectivity index (χ3v) is 2.74. The molecule has 2 heterocycles. The van der Waals surface area contributed by atoms with Crippen molar-refractivity contribution in [1.82, 2.24) is 4.98 Å². The van der Waals surface area contributed by atoms with Gasteiger partial charge in [0, 0.05) is 24.6 Å². The summed E-state index contributed by atoms with van der Waals surface area (Å²) in [7, 11) is 0. The molecule has 0 bridgehead atoms. The van der Waals surface area contributed by atoms with Crippen LogP contribution in [0.4, 0.5) is 5.69 Å². The van der Waals surface area contributed by atoms with E-state index < -0.39 is 0 Å². The summed E-state index contributed by atoms with van der Waals surface area (Å²) in [5, 5.41) is 7.65. The van der Waals surface area contributed by atoms with E-state index in [9.17, 15) is 0 Å². The molecule has 72 valence electrons. The quantitative estimate of drug-likeness (QED) is 0.828. The van der Waals surface area contributed by atoms with Gasteiger partial charge in [-0.1, -0.05) is 0 Å². The first-order valence-corrected chi connectivity index (χ1v) is 5.54. The Bertz CT molecular complexity index is 356. The fourth-order valence-corrected chi connectivity index (χ4v) is 1.96. The lowest BCUT2D eigenvalue weighted by atomic mass is 10.2. The number of hydrogen-bond donors (Lipinski definition) is 1. The Hall–Kier alpha value is -1.35. The van der Waals surface area contributed by atoms with Crippen molar-refractivity contribution in [2.45, 2.75) is 6.42 Å². The molecule has 0 fully saturated rings. The van der Waals surface area contributed by atoms with Crippen LogP contribution >= 0.6 is 11.3 Å². The zero-order valence-electron chi connectivity index (χ0n) is 7.81. The standard InChI is InChI=1S/C11H12N2S/c1(10-4-8-14-9-10)7-13-11-2-5-12-6-3-11/h2-6,8-9H,1,7H2,(H,12,13). The third-order valence-electron chi connectivity index (χ3n) is 2.00. The molecule has 2 rings (SSSR count). The van der Waals surface area contributed by atoms with Crippen LogP contribution in [0.3, 0.4) is 0 Å². The second kappa shape index (κ2) is 4.77. The Morgan fingerprint density at radius 2 is 2.07 bits per heavy atom. The number of anilines is 1. The fourth-order valence-electron chi connectivity index (χ4n) is 1.26.